The molecular formula is C9H10N4O2S. The summed E-state index contributed by atoms with van der Waals surface area (Å²) in [5.74, 6) is 0.298. The number of anilines is 1. The molecule has 2 heterocycles. The summed E-state index contributed by atoms with van der Waals surface area (Å²) in [4.78, 5) is 7.89. The van der Waals surface area contributed by atoms with Crippen LogP contribution < -0.4 is 4.72 Å². The maximum absolute atomic E-state index is 10.9. The third-order valence-electron chi connectivity index (χ3n) is 1.84. The van der Waals surface area contributed by atoms with Crippen molar-refractivity contribution in [3.63, 3.8) is 0 Å². The van der Waals surface area contributed by atoms with Gasteiger partial charge in [0.1, 0.15) is 5.82 Å². The Morgan fingerprint density at radius 3 is 2.69 bits per heavy atom. The Balaban J connectivity index is 2.24. The van der Waals surface area contributed by atoms with E-state index in [9.17, 15) is 8.42 Å². The molecule has 0 atom stereocenters. The normalized spacial score (nSPS) is 11.3. The fourth-order valence-corrected chi connectivity index (χ4v) is 1.70. The summed E-state index contributed by atoms with van der Waals surface area (Å²) in [5, 5.41) is 0. The Morgan fingerprint density at radius 2 is 2.19 bits per heavy atom. The number of nitrogens with zero attached hydrogens (tertiary/aromatic N) is 3. The van der Waals surface area contributed by atoms with Crippen molar-refractivity contribution < 1.29 is 8.42 Å². The summed E-state index contributed by atoms with van der Waals surface area (Å²) < 4.78 is 26.0. The van der Waals surface area contributed by atoms with E-state index in [1.807, 2.05) is 0 Å². The number of sulfonamides is 1. The van der Waals surface area contributed by atoms with Gasteiger partial charge in [0, 0.05) is 12.4 Å². The number of hydrogen-bond acceptors (Lipinski definition) is 4. The molecule has 16 heavy (non-hydrogen) atoms. The quantitative estimate of drug-likeness (QED) is 0.851. The van der Waals surface area contributed by atoms with Crippen molar-refractivity contribution in [2.75, 3.05) is 11.0 Å². The molecule has 2 aromatic heterocycles. The van der Waals surface area contributed by atoms with Crippen molar-refractivity contribution in [3.05, 3.63) is 37.1 Å². The van der Waals surface area contributed by atoms with Crippen molar-refractivity contribution in [3.8, 4) is 5.69 Å². The van der Waals surface area contributed by atoms with Gasteiger partial charge in [-0.2, -0.15) is 0 Å². The molecule has 2 rings (SSSR count). The molecule has 1 N–H and O–H groups in total. The van der Waals surface area contributed by atoms with Gasteiger partial charge in [-0.1, -0.05) is 0 Å². The van der Waals surface area contributed by atoms with E-state index >= 15 is 0 Å². The van der Waals surface area contributed by atoms with Gasteiger partial charge in [-0.05, 0) is 12.1 Å². The second kappa shape index (κ2) is 3.93. The molecule has 0 spiro atoms. The Labute approximate surface area is 93.0 Å². The van der Waals surface area contributed by atoms with Gasteiger partial charge in [-0.25, -0.2) is 18.4 Å². The summed E-state index contributed by atoms with van der Waals surface area (Å²) in [6, 6.07) is 3.35. The molecule has 0 aromatic carbocycles. The molecule has 0 aliphatic carbocycles. The molecule has 0 unspecified atom stereocenters. The minimum Gasteiger partial charge on any atom is -0.305 e. The highest BCUT2D eigenvalue weighted by Gasteiger charge is 2.03. The van der Waals surface area contributed by atoms with Gasteiger partial charge in [0.25, 0.3) is 0 Å². The summed E-state index contributed by atoms with van der Waals surface area (Å²) >= 11 is 0. The van der Waals surface area contributed by atoms with Gasteiger partial charge in [-0.15, -0.1) is 0 Å². The predicted octanol–water partition coefficient (Wildman–Crippen LogP) is 0.639. The van der Waals surface area contributed by atoms with Crippen molar-refractivity contribution in [1.82, 2.24) is 14.5 Å². The summed E-state index contributed by atoms with van der Waals surface area (Å²) in [6.07, 6.45) is 7.72. The smallest absolute Gasteiger partial charge is 0.230 e. The first-order chi connectivity index (χ1) is 7.54. The largest absolute Gasteiger partial charge is 0.305 e. The van der Waals surface area contributed by atoms with Crippen LogP contribution >= 0.6 is 0 Å². The molecule has 0 fully saturated rings. The molecule has 0 aliphatic heterocycles. The topological polar surface area (TPSA) is 76.9 Å². The predicted molar refractivity (Wildman–Crippen MR) is 59.8 cm³/mol. The molecule has 0 saturated heterocycles. The van der Waals surface area contributed by atoms with Gasteiger partial charge in [0.2, 0.25) is 10.0 Å². The van der Waals surface area contributed by atoms with E-state index in [1.54, 1.807) is 41.6 Å². The number of nitrogens with one attached hydrogen (secondary N) is 1. The molecule has 0 amide bonds. The monoisotopic (exact) mass is 238 g/mol. The van der Waals surface area contributed by atoms with Crippen LogP contribution in [-0.2, 0) is 10.0 Å². The minimum atomic E-state index is -3.28. The molecule has 0 aliphatic rings. The van der Waals surface area contributed by atoms with Gasteiger partial charge < -0.3 is 4.57 Å². The lowest BCUT2D eigenvalue weighted by Crippen LogP contribution is -2.10. The van der Waals surface area contributed by atoms with Crippen LogP contribution in [0.1, 0.15) is 0 Å². The molecule has 0 radical (unpaired) electrons. The van der Waals surface area contributed by atoms with Crippen LogP contribution in [0.2, 0.25) is 0 Å². The standard InChI is InChI=1S/C9H10N4O2S/c1-16(14,15)12-9-3-2-8(6-11-9)13-5-4-10-7-13/h2-7H,1H3,(H,11,12). The van der Waals surface area contributed by atoms with Crippen LogP contribution in [0.4, 0.5) is 5.82 Å². The zero-order valence-corrected chi connectivity index (χ0v) is 9.35. The van der Waals surface area contributed by atoms with Crippen LogP contribution in [0.5, 0.6) is 0 Å². The number of aromatic nitrogens is 3. The van der Waals surface area contributed by atoms with Crippen LogP contribution in [0.25, 0.3) is 5.69 Å². The maximum atomic E-state index is 10.9. The van der Waals surface area contributed by atoms with Gasteiger partial charge >= 0.3 is 0 Å². The number of hydrogen-bond donors (Lipinski definition) is 1. The first kappa shape index (κ1) is 10.6. The third kappa shape index (κ3) is 2.57. The highest BCUT2D eigenvalue weighted by molar-refractivity contribution is 7.92. The molecule has 0 bridgehead atoms. The summed E-state index contributed by atoms with van der Waals surface area (Å²) in [7, 11) is -3.28. The fraction of sp³-hybridized carbons (Fsp3) is 0.111. The van der Waals surface area contributed by atoms with Crippen molar-refractivity contribution in [2.24, 2.45) is 0 Å². The highest BCUT2D eigenvalue weighted by Crippen LogP contribution is 2.09. The van der Waals surface area contributed by atoms with Crippen LogP contribution in [-0.4, -0.2) is 29.2 Å². The second-order valence-corrected chi connectivity index (χ2v) is 4.99. The summed E-state index contributed by atoms with van der Waals surface area (Å²) in [6.45, 7) is 0. The fourth-order valence-electron chi connectivity index (χ4n) is 1.20. The molecule has 6 nitrogen and oxygen atoms in total. The Bertz CT molecular complexity index is 560. The van der Waals surface area contributed by atoms with Crippen LogP contribution in [0.3, 0.4) is 0 Å². The Kier molecular flexibility index (Phi) is 2.61. The van der Waals surface area contributed by atoms with E-state index in [-0.39, 0.29) is 0 Å². The van der Waals surface area contributed by atoms with E-state index in [1.165, 1.54) is 0 Å². The maximum Gasteiger partial charge on any atom is 0.230 e. The van der Waals surface area contributed by atoms with Crippen molar-refractivity contribution >= 4 is 15.8 Å². The first-order valence-corrected chi connectivity index (χ1v) is 6.36. The lowest BCUT2D eigenvalue weighted by Gasteiger charge is -2.04. The average molecular weight is 238 g/mol. The van der Waals surface area contributed by atoms with Gasteiger partial charge in [0.05, 0.1) is 24.5 Å². The molecular weight excluding hydrogens is 228 g/mol. The lowest BCUT2D eigenvalue weighted by molar-refractivity contribution is 0.606. The van der Waals surface area contributed by atoms with Crippen molar-refractivity contribution in [1.29, 1.82) is 0 Å². The van der Waals surface area contributed by atoms with E-state index < -0.39 is 10.0 Å². The SMILES string of the molecule is CS(=O)(=O)Nc1ccc(-n2ccnc2)cn1. The minimum absolute atomic E-state index is 0.298. The van der Waals surface area contributed by atoms with Crippen LogP contribution in [0, 0.1) is 0 Å². The van der Waals surface area contributed by atoms with Gasteiger partial charge in [-0.3, -0.25) is 4.72 Å². The number of rotatable bonds is 3. The van der Waals surface area contributed by atoms with E-state index in [0.29, 0.717) is 5.82 Å². The average Bonchev–Trinajstić information content (AvgIpc) is 2.69. The zero-order valence-electron chi connectivity index (χ0n) is 8.53. The molecule has 0 saturated carbocycles. The van der Waals surface area contributed by atoms with E-state index in [0.717, 1.165) is 11.9 Å². The molecule has 2 aromatic rings. The van der Waals surface area contributed by atoms with Gasteiger partial charge in [0.15, 0.2) is 0 Å². The molecule has 84 valence electrons. The third-order valence-corrected chi connectivity index (χ3v) is 2.42. The van der Waals surface area contributed by atoms with E-state index in [4.69, 9.17) is 0 Å². The Hall–Kier alpha value is -1.89. The zero-order chi connectivity index (χ0) is 11.6. The molecule has 7 heteroatoms. The summed E-state index contributed by atoms with van der Waals surface area (Å²) in [5.41, 5.74) is 0.816. The highest BCUT2D eigenvalue weighted by atomic mass is 32.2. The van der Waals surface area contributed by atoms with Crippen LogP contribution in [0.15, 0.2) is 37.1 Å². The van der Waals surface area contributed by atoms with E-state index in [2.05, 4.69) is 14.7 Å². The number of pyridine rings is 1. The lowest BCUT2D eigenvalue weighted by atomic mass is 10.4. The number of imidazole rings is 1. The first-order valence-electron chi connectivity index (χ1n) is 4.47. The Morgan fingerprint density at radius 1 is 1.38 bits per heavy atom. The second-order valence-electron chi connectivity index (χ2n) is 3.25. The van der Waals surface area contributed by atoms with Crippen molar-refractivity contribution in [2.45, 2.75) is 0 Å².